The minimum absolute atomic E-state index is 0.0159. The molecule has 2 aromatic heterocycles. The molecule has 0 bridgehead atoms. The predicted octanol–water partition coefficient (Wildman–Crippen LogP) is 6.83. The van der Waals surface area contributed by atoms with Gasteiger partial charge < -0.3 is 20.3 Å². The van der Waals surface area contributed by atoms with Crippen LogP contribution >= 0.6 is 11.3 Å². The van der Waals surface area contributed by atoms with Gasteiger partial charge in [-0.25, -0.2) is 13.2 Å². The number of nitriles is 1. The van der Waals surface area contributed by atoms with E-state index in [1.165, 1.54) is 0 Å². The summed E-state index contributed by atoms with van der Waals surface area (Å²) in [5.74, 6) is -2.79. The van der Waals surface area contributed by atoms with Gasteiger partial charge in [-0.1, -0.05) is 12.6 Å². The average Bonchev–Trinajstić information content (AvgIpc) is 3.66. The van der Waals surface area contributed by atoms with Gasteiger partial charge in [0.1, 0.15) is 41.0 Å². The Morgan fingerprint density at radius 2 is 2.02 bits per heavy atom. The molecule has 3 aliphatic heterocycles. The molecule has 9 nitrogen and oxygen atoms in total. The zero-order chi connectivity index (χ0) is 38.4. The highest BCUT2D eigenvalue weighted by molar-refractivity contribution is 7.23. The Labute approximate surface area is 295 Å². The van der Waals surface area contributed by atoms with Gasteiger partial charge in [-0.05, 0) is 57.0 Å². The number of benzene rings is 2. The summed E-state index contributed by atoms with van der Waals surface area (Å²) in [6, 6.07) is 2.85. The molecule has 3 saturated heterocycles. The van der Waals surface area contributed by atoms with Crippen LogP contribution in [0.25, 0.3) is 32.1 Å². The van der Waals surface area contributed by atoms with Crippen molar-refractivity contribution in [3.63, 3.8) is 0 Å². The fraction of sp³-hybridized carbons (Fsp3) is 0.429. The summed E-state index contributed by atoms with van der Waals surface area (Å²) in [7, 11) is 0. The third-order valence-electron chi connectivity index (χ3n) is 10.0. The Bertz CT molecular complexity index is 2230. The smallest absolute Gasteiger partial charge is 0.417 e. The monoisotopic (exact) mass is 731 g/mol. The number of carbonyl (C=O) groups excluding carboxylic acids is 1. The van der Waals surface area contributed by atoms with Crippen LogP contribution in [0.3, 0.4) is 0 Å². The molecule has 7 rings (SSSR count). The number of rotatable bonds is 6. The quantitative estimate of drug-likeness (QED) is 0.170. The molecule has 16 heteroatoms. The number of fused-ring (bicyclic) bond motifs is 3. The number of thiophene rings is 1. The molecule has 3 fully saturated rings. The molecule has 2 N–H and O–H groups in total. The average molecular weight is 732 g/mol. The number of nitrogens with zero attached hydrogens (tertiary/aromatic N) is 6. The number of carbonyl (C=O) groups is 1. The third kappa shape index (κ3) is 5.70. The highest BCUT2D eigenvalue weighted by Gasteiger charge is 2.49. The first kappa shape index (κ1) is 32.3. The maximum atomic E-state index is 17.2. The standard InChI is InChI=1S/C35H33F6N7O2S/c1-4-25(49)47-13-18(3)48(14-17(47)2)32-21-10-23(35(39,40)41)27(20-6-7-24(37)30-26(20)22(12-42)31(43)51-30)28(38)29(21)44-33(45-32)50-16-34-8-5-9-46(34)15-19(36)11-34/h4,6-7,10,17-19H,1,5,8-9,11,13-16,43H2,2-3H3/t17-,18+,19-,34+/m1/s1/i5D2. The lowest BCUT2D eigenvalue weighted by atomic mass is 9.92. The third-order valence-corrected chi connectivity index (χ3v) is 11.1. The highest BCUT2D eigenvalue weighted by Crippen LogP contribution is 2.48. The number of halogens is 6. The lowest BCUT2D eigenvalue weighted by molar-refractivity contribution is -0.137. The van der Waals surface area contributed by atoms with Gasteiger partial charge in [0, 0.05) is 57.2 Å². The molecule has 1 amide bonds. The summed E-state index contributed by atoms with van der Waals surface area (Å²) in [4.78, 5) is 26.2. The van der Waals surface area contributed by atoms with Crippen LogP contribution < -0.4 is 15.4 Å². The normalized spacial score (nSPS) is 25.5. The Morgan fingerprint density at radius 3 is 2.73 bits per heavy atom. The minimum atomic E-state index is -5.17. The number of ether oxygens (including phenoxy) is 1. The molecule has 5 heterocycles. The number of hydrogen-bond acceptors (Lipinski definition) is 9. The number of aromatic nitrogens is 2. The minimum Gasteiger partial charge on any atom is -0.461 e. The number of piperazine rings is 1. The van der Waals surface area contributed by atoms with Crippen molar-refractivity contribution in [2.45, 2.75) is 63.0 Å². The van der Waals surface area contributed by atoms with E-state index in [1.54, 1.807) is 34.6 Å². The maximum absolute atomic E-state index is 17.2. The van der Waals surface area contributed by atoms with Crippen molar-refractivity contribution >= 4 is 49.1 Å². The van der Waals surface area contributed by atoms with Gasteiger partial charge in [0.25, 0.3) is 0 Å². The second kappa shape index (κ2) is 12.6. The first-order valence-electron chi connectivity index (χ1n) is 17.1. The van der Waals surface area contributed by atoms with Gasteiger partial charge in [0.2, 0.25) is 5.91 Å². The second-order valence-electron chi connectivity index (χ2n) is 13.3. The van der Waals surface area contributed by atoms with Crippen molar-refractivity contribution in [3.8, 4) is 23.2 Å². The van der Waals surface area contributed by atoms with Crippen molar-refractivity contribution in [2.75, 3.05) is 43.4 Å². The molecule has 4 atom stereocenters. The van der Waals surface area contributed by atoms with Crippen molar-refractivity contribution in [3.05, 3.63) is 53.6 Å². The summed E-state index contributed by atoms with van der Waals surface area (Å²) < 4.78 is 114. The van der Waals surface area contributed by atoms with Crippen LogP contribution in [0.15, 0.2) is 30.9 Å². The van der Waals surface area contributed by atoms with Gasteiger partial charge in [0.15, 0.2) is 5.82 Å². The summed E-state index contributed by atoms with van der Waals surface area (Å²) in [6.07, 6.45) is -7.02. The van der Waals surface area contributed by atoms with E-state index >= 15 is 17.6 Å². The lowest BCUT2D eigenvalue weighted by Gasteiger charge is -2.44. The zero-order valence-corrected chi connectivity index (χ0v) is 28.3. The van der Waals surface area contributed by atoms with Crippen LogP contribution in [-0.2, 0) is 11.0 Å². The van der Waals surface area contributed by atoms with E-state index in [-0.39, 0.29) is 83.4 Å². The van der Waals surface area contributed by atoms with Crippen LogP contribution in [0.1, 0.15) is 46.9 Å². The maximum Gasteiger partial charge on any atom is 0.417 e. The second-order valence-corrected chi connectivity index (χ2v) is 14.3. The molecular formula is C35H33F6N7O2S. The lowest BCUT2D eigenvalue weighted by Crippen LogP contribution is -2.58. The van der Waals surface area contributed by atoms with E-state index in [9.17, 15) is 18.8 Å². The summed E-state index contributed by atoms with van der Waals surface area (Å²) in [6.45, 7) is 6.83. The Hall–Kier alpha value is -4.62. The first-order chi connectivity index (χ1) is 24.9. The molecule has 268 valence electrons. The zero-order valence-electron chi connectivity index (χ0n) is 29.5. The number of nitrogens with two attached hydrogens (primary N) is 1. The van der Waals surface area contributed by atoms with E-state index in [1.807, 2.05) is 0 Å². The molecule has 3 aliphatic rings. The molecule has 0 spiro atoms. The van der Waals surface area contributed by atoms with Crippen molar-refractivity contribution < 1.29 is 38.6 Å². The molecule has 0 unspecified atom stereocenters. The van der Waals surface area contributed by atoms with Crippen LogP contribution in [-0.4, -0.2) is 82.3 Å². The fourth-order valence-electron chi connectivity index (χ4n) is 7.59. The van der Waals surface area contributed by atoms with Crippen LogP contribution in [0.5, 0.6) is 6.01 Å². The highest BCUT2D eigenvalue weighted by atomic mass is 32.1. The fourth-order valence-corrected chi connectivity index (χ4v) is 8.54. The topological polar surface area (TPSA) is 112 Å². The van der Waals surface area contributed by atoms with Gasteiger partial charge >= 0.3 is 12.2 Å². The van der Waals surface area contributed by atoms with Crippen molar-refractivity contribution in [1.29, 1.82) is 5.26 Å². The van der Waals surface area contributed by atoms with E-state index < -0.39 is 76.2 Å². The summed E-state index contributed by atoms with van der Waals surface area (Å²) in [5, 5.41) is 9.07. The molecule has 0 saturated carbocycles. The van der Waals surface area contributed by atoms with Crippen molar-refractivity contribution in [2.24, 2.45) is 0 Å². The molecule has 0 aliphatic carbocycles. The van der Waals surface area contributed by atoms with Crippen LogP contribution in [0.2, 0.25) is 0 Å². The summed E-state index contributed by atoms with van der Waals surface area (Å²) >= 11 is 0.648. The molecule has 0 radical (unpaired) electrons. The molecule has 51 heavy (non-hydrogen) atoms. The summed E-state index contributed by atoms with van der Waals surface area (Å²) in [5.41, 5.74) is 1.13. The predicted molar refractivity (Wildman–Crippen MR) is 181 cm³/mol. The number of hydrogen-bond donors (Lipinski definition) is 1. The Morgan fingerprint density at radius 1 is 1.25 bits per heavy atom. The van der Waals surface area contributed by atoms with E-state index in [0.717, 1.165) is 18.2 Å². The van der Waals surface area contributed by atoms with E-state index in [2.05, 4.69) is 16.5 Å². The van der Waals surface area contributed by atoms with Crippen LogP contribution in [0.4, 0.5) is 37.2 Å². The van der Waals surface area contributed by atoms with Gasteiger partial charge in [-0.2, -0.15) is 28.4 Å². The largest absolute Gasteiger partial charge is 0.461 e. The first-order valence-corrected chi connectivity index (χ1v) is 16.9. The SMILES string of the molecule is [2H]C1([2H])CN2C[C@H](F)C[C@]2(COc2nc(N3C[C@@H](C)N(C(=O)C=C)C[C@@H]3C)c3cc(C(F)(F)F)c(-c4ccc(F)c5sc(N)c(C#N)c45)c(F)c3n2)C1. The molecule has 4 aromatic rings. The Balaban J connectivity index is 1.45. The van der Waals surface area contributed by atoms with E-state index in [4.69, 9.17) is 13.2 Å². The number of amides is 1. The number of anilines is 2. The molecule has 2 aromatic carbocycles. The van der Waals surface area contributed by atoms with Gasteiger partial charge in [0.05, 0.1) is 21.4 Å². The van der Waals surface area contributed by atoms with Gasteiger partial charge in [-0.15, -0.1) is 11.3 Å². The molecular weight excluding hydrogens is 696 g/mol. The van der Waals surface area contributed by atoms with Gasteiger partial charge in [-0.3, -0.25) is 9.69 Å². The van der Waals surface area contributed by atoms with Crippen molar-refractivity contribution in [1.82, 2.24) is 19.8 Å². The van der Waals surface area contributed by atoms with Crippen LogP contribution in [0, 0.1) is 23.0 Å². The Kier molecular flexibility index (Phi) is 7.95. The number of alkyl halides is 4. The van der Waals surface area contributed by atoms with E-state index in [0.29, 0.717) is 17.4 Å². The number of nitrogen functional groups attached to an aromatic ring is 1.